The highest BCUT2D eigenvalue weighted by Gasteiger charge is 2.15. The molecule has 2 aromatic heterocycles. The van der Waals surface area contributed by atoms with E-state index in [0.717, 1.165) is 42.5 Å². The Balaban J connectivity index is 1.37. The fourth-order valence-corrected chi connectivity index (χ4v) is 4.22. The summed E-state index contributed by atoms with van der Waals surface area (Å²) < 4.78 is 12.2. The van der Waals surface area contributed by atoms with E-state index in [2.05, 4.69) is 11.1 Å². The van der Waals surface area contributed by atoms with Crippen molar-refractivity contribution >= 4 is 49.3 Å². The van der Waals surface area contributed by atoms with Gasteiger partial charge in [0.2, 0.25) is 0 Å². The summed E-state index contributed by atoms with van der Waals surface area (Å²) in [5, 5.41) is 3.98. The van der Waals surface area contributed by atoms with Gasteiger partial charge in [-0.25, -0.2) is 4.98 Å². The largest absolute Gasteiger partial charge is 0.464 e. The van der Waals surface area contributed by atoms with Crippen molar-refractivity contribution in [1.29, 1.82) is 0 Å². The highest BCUT2D eigenvalue weighted by molar-refractivity contribution is 7.18. The van der Waals surface area contributed by atoms with Crippen LogP contribution in [0.5, 0.6) is 0 Å². The molecular formula is C22H15NO3S. The molecule has 0 fully saturated rings. The second-order valence-electron chi connectivity index (χ2n) is 6.33. The second-order valence-corrected chi connectivity index (χ2v) is 7.45. The summed E-state index contributed by atoms with van der Waals surface area (Å²) in [5.74, 6) is -0.287. The van der Waals surface area contributed by atoms with Crippen LogP contribution in [0.1, 0.15) is 10.6 Å². The molecule has 0 amide bonds. The fourth-order valence-electron chi connectivity index (χ4n) is 3.33. The standard InChI is InChI=1S/C22H15NO3S/c24-21(26-13-20-23-17-7-3-4-8-19(17)27-20)11-15-12-25-18-10-9-14-5-1-2-6-16(14)22(15)18/h1-10,12H,11,13H2. The Labute approximate surface area is 159 Å². The zero-order valence-electron chi connectivity index (χ0n) is 14.3. The van der Waals surface area contributed by atoms with Crippen LogP contribution in [0.4, 0.5) is 0 Å². The number of para-hydroxylation sites is 1. The van der Waals surface area contributed by atoms with Crippen LogP contribution in [-0.4, -0.2) is 11.0 Å². The van der Waals surface area contributed by atoms with Gasteiger partial charge in [-0.3, -0.25) is 4.79 Å². The average Bonchev–Trinajstić information content (AvgIpc) is 3.30. The van der Waals surface area contributed by atoms with Crippen LogP contribution < -0.4 is 0 Å². The van der Waals surface area contributed by atoms with Gasteiger partial charge in [0.15, 0.2) is 0 Å². The molecule has 0 aliphatic rings. The van der Waals surface area contributed by atoms with Crippen molar-refractivity contribution in [3.8, 4) is 0 Å². The molecule has 0 aliphatic carbocycles. The van der Waals surface area contributed by atoms with E-state index in [1.807, 2.05) is 54.6 Å². The molecule has 0 unspecified atom stereocenters. The summed E-state index contributed by atoms with van der Waals surface area (Å²) >= 11 is 1.54. The van der Waals surface area contributed by atoms with E-state index in [1.54, 1.807) is 17.6 Å². The number of thiazole rings is 1. The molecular weight excluding hydrogens is 358 g/mol. The molecule has 0 atom stereocenters. The number of fused-ring (bicyclic) bond motifs is 4. The first-order valence-electron chi connectivity index (χ1n) is 8.66. The molecule has 0 saturated carbocycles. The topological polar surface area (TPSA) is 52.3 Å². The lowest BCUT2D eigenvalue weighted by Gasteiger charge is -2.03. The van der Waals surface area contributed by atoms with E-state index in [0.29, 0.717) is 0 Å². The van der Waals surface area contributed by atoms with E-state index in [-0.39, 0.29) is 19.0 Å². The number of carbonyl (C=O) groups is 1. The Morgan fingerprint density at radius 3 is 2.81 bits per heavy atom. The summed E-state index contributed by atoms with van der Waals surface area (Å²) in [7, 11) is 0. The molecule has 0 spiro atoms. The number of benzene rings is 3. The number of carbonyl (C=O) groups excluding carboxylic acids is 1. The van der Waals surface area contributed by atoms with Crippen molar-refractivity contribution in [2.45, 2.75) is 13.0 Å². The van der Waals surface area contributed by atoms with Gasteiger partial charge in [-0.15, -0.1) is 11.3 Å². The van der Waals surface area contributed by atoms with Gasteiger partial charge in [0.05, 0.1) is 22.9 Å². The monoisotopic (exact) mass is 373 g/mol. The maximum Gasteiger partial charge on any atom is 0.310 e. The third-order valence-corrected chi connectivity index (χ3v) is 5.58. The summed E-state index contributed by atoms with van der Waals surface area (Å²) in [5.41, 5.74) is 2.56. The number of hydrogen-bond donors (Lipinski definition) is 0. The summed E-state index contributed by atoms with van der Waals surface area (Å²) in [6.07, 6.45) is 1.82. The quantitative estimate of drug-likeness (QED) is 0.391. The van der Waals surface area contributed by atoms with Crippen molar-refractivity contribution in [1.82, 2.24) is 4.98 Å². The van der Waals surface area contributed by atoms with E-state index >= 15 is 0 Å². The van der Waals surface area contributed by atoms with E-state index in [1.165, 1.54) is 0 Å². The first kappa shape index (κ1) is 16.0. The zero-order chi connectivity index (χ0) is 18.2. The van der Waals surface area contributed by atoms with Gasteiger partial charge in [0.25, 0.3) is 0 Å². The van der Waals surface area contributed by atoms with Crippen LogP contribution >= 0.6 is 11.3 Å². The lowest BCUT2D eigenvalue weighted by atomic mass is 10.0. The molecule has 0 N–H and O–H groups in total. The summed E-state index contributed by atoms with van der Waals surface area (Å²) in [4.78, 5) is 16.9. The molecule has 5 aromatic rings. The normalized spacial score (nSPS) is 11.4. The van der Waals surface area contributed by atoms with Crippen molar-refractivity contribution in [2.75, 3.05) is 0 Å². The van der Waals surface area contributed by atoms with Gasteiger partial charge in [-0.2, -0.15) is 0 Å². The van der Waals surface area contributed by atoms with Crippen LogP contribution in [0.2, 0.25) is 0 Å². The lowest BCUT2D eigenvalue weighted by molar-refractivity contribution is -0.144. The molecule has 3 aromatic carbocycles. The second kappa shape index (κ2) is 6.52. The van der Waals surface area contributed by atoms with Crippen molar-refractivity contribution in [3.05, 3.63) is 77.5 Å². The van der Waals surface area contributed by atoms with Gasteiger partial charge in [0, 0.05) is 10.9 Å². The molecule has 5 rings (SSSR count). The Morgan fingerprint density at radius 2 is 1.89 bits per heavy atom. The Morgan fingerprint density at radius 1 is 1.04 bits per heavy atom. The predicted octanol–water partition coefficient (Wildman–Crippen LogP) is 5.48. The van der Waals surface area contributed by atoms with Crippen molar-refractivity contribution < 1.29 is 13.9 Å². The molecule has 5 heteroatoms. The molecule has 27 heavy (non-hydrogen) atoms. The SMILES string of the molecule is O=C(Cc1coc2ccc3ccccc3c12)OCc1nc2ccccc2s1. The van der Waals surface area contributed by atoms with Gasteiger partial charge < -0.3 is 9.15 Å². The fraction of sp³-hybridized carbons (Fsp3) is 0.0909. The number of aromatic nitrogens is 1. The van der Waals surface area contributed by atoms with Gasteiger partial charge in [-0.05, 0) is 29.0 Å². The van der Waals surface area contributed by atoms with E-state index in [4.69, 9.17) is 9.15 Å². The number of hydrogen-bond acceptors (Lipinski definition) is 5. The first-order valence-corrected chi connectivity index (χ1v) is 9.47. The molecule has 0 radical (unpaired) electrons. The van der Waals surface area contributed by atoms with Gasteiger partial charge >= 0.3 is 5.97 Å². The Bertz CT molecular complexity index is 1250. The Kier molecular flexibility index (Phi) is 3.87. The van der Waals surface area contributed by atoms with Crippen LogP contribution in [0, 0.1) is 0 Å². The van der Waals surface area contributed by atoms with Crippen molar-refractivity contribution in [2.24, 2.45) is 0 Å². The zero-order valence-corrected chi connectivity index (χ0v) is 15.2. The third kappa shape index (κ3) is 2.96. The third-order valence-electron chi connectivity index (χ3n) is 4.57. The van der Waals surface area contributed by atoms with Gasteiger partial charge in [0.1, 0.15) is 17.2 Å². The number of furan rings is 1. The molecule has 0 bridgehead atoms. The molecule has 0 aliphatic heterocycles. The number of ether oxygens (including phenoxy) is 1. The summed E-state index contributed by atoms with van der Waals surface area (Å²) in [6, 6.07) is 20.0. The highest BCUT2D eigenvalue weighted by atomic mass is 32.1. The van der Waals surface area contributed by atoms with Crippen LogP contribution in [-0.2, 0) is 22.6 Å². The number of nitrogens with zero attached hydrogens (tertiary/aromatic N) is 1. The van der Waals surface area contributed by atoms with E-state index in [9.17, 15) is 4.79 Å². The minimum atomic E-state index is -0.287. The maximum atomic E-state index is 12.4. The van der Waals surface area contributed by atoms with Crippen molar-refractivity contribution in [3.63, 3.8) is 0 Å². The molecule has 2 heterocycles. The lowest BCUT2D eigenvalue weighted by Crippen LogP contribution is -2.07. The van der Waals surface area contributed by atoms with Crippen LogP contribution in [0.3, 0.4) is 0 Å². The maximum absolute atomic E-state index is 12.4. The van der Waals surface area contributed by atoms with Gasteiger partial charge in [-0.1, -0.05) is 42.5 Å². The van der Waals surface area contributed by atoms with Crippen LogP contribution in [0.25, 0.3) is 32.0 Å². The minimum Gasteiger partial charge on any atom is -0.464 e. The number of rotatable bonds is 4. The highest BCUT2D eigenvalue weighted by Crippen LogP contribution is 2.30. The number of esters is 1. The predicted molar refractivity (Wildman–Crippen MR) is 107 cm³/mol. The molecule has 132 valence electrons. The smallest absolute Gasteiger partial charge is 0.310 e. The summed E-state index contributed by atoms with van der Waals surface area (Å²) in [6.45, 7) is 0.189. The Hall–Kier alpha value is -3.18. The van der Waals surface area contributed by atoms with Crippen LogP contribution in [0.15, 0.2) is 71.3 Å². The first-order chi connectivity index (χ1) is 13.3. The molecule has 4 nitrogen and oxygen atoms in total. The average molecular weight is 373 g/mol. The minimum absolute atomic E-state index is 0.173. The van der Waals surface area contributed by atoms with E-state index < -0.39 is 0 Å². The molecule has 0 saturated heterocycles.